The summed E-state index contributed by atoms with van der Waals surface area (Å²) in [6.07, 6.45) is -0.305. The van der Waals surface area contributed by atoms with Crippen LogP contribution in [0.2, 0.25) is 0 Å². The predicted molar refractivity (Wildman–Crippen MR) is 104 cm³/mol. The van der Waals surface area contributed by atoms with E-state index in [-0.39, 0.29) is 18.0 Å². The van der Waals surface area contributed by atoms with Crippen LogP contribution in [0.25, 0.3) is 5.69 Å². The molecule has 3 rings (SSSR count). The van der Waals surface area contributed by atoms with E-state index in [1.807, 2.05) is 26.0 Å². The Bertz CT molecular complexity index is 1060. The Morgan fingerprint density at radius 2 is 1.83 bits per heavy atom. The molecule has 0 spiro atoms. The summed E-state index contributed by atoms with van der Waals surface area (Å²) in [5.74, 6) is -2.44. The van der Waals surface area contributed by atoms with E-state index in [0.29, 0.717) is 11.3 Å². The molecular weight excluding hydrogens is 377 g/mol. The average Bonchev–Trinajstić information content (AvgIpc) is 3.03. The van der Waals surface area contributed by atoms with Crippen LogP contribution in [0.3, 0.4) is 0 Å². The Hall–Kier alpha value is -3.68. The summed E-state index contributed by atoms with van der Waals surface area (Å²) in [6.45, 7) is 3.77. The molecule has 0 radical (unpaired) electrons. The summed E-state index contributed by atoms with van der Waals surface area (Å²) >= 11 is 0. The fourth-order valence-electron chi connectivity index (χ4n) is 3.12. The van der Waals surface area contributed by atoms with Crippen LogP contribution < -0.4 is 5.32 Å². The first kappa shape index (κ1) is 20.1. The molecule has 3 N–H and O–H groups in total. The van der Waals surface area contributed by atoms with Gasteiger partial charge in [0.2, 0.25) is 5.88 Å². The third kappa shape index (κ3) is 4.60. The fraction of sp³-hybridized carbons (Fsp3) is 0.190. The average molecular weight is 397 g/mol. The number of aryl methyl sites for hydroxylation is 2. The van der Waals surface area contributed by atoms with Crippen molar-refractivity contribution in [3.63, 3.8) is 0 Å². The quantitative estimate of drug-likeness (QED) is 0.592. The number of hydrogen-bond donors (Lipinski definition) is 3. The largest absolute Gasteiger partial charge is 0.493 e. The second-order valence-corrected chi connectivity index (χ2v) is 6.76. The molecule has 0 saturated carbocycles. The van der Waals surface area contributed by atoms with Crippen LogP contribution in [0, 0.1) is 19.7 Å². The van der Waals surface area contributed by atoms with Crippen molar-refractivity contribution >= 4 is 11.9 Å². The molecule has 8 heteroatoms. The summed E-state index contributed by atoms with van der Waals surface area (Å²) in [5.41, 5.74) is 2.85. The molecule has 0 fully saturated rings. The van der Waals surface area contributed by atoms with E-state index < -0.39 is 23.7 Å². The van der Waals surface area contributed by atoms with E-state index in [2.05, 4.69) is 10.4 Å². The molecule has 1 aromatic heterocycles. The van der Waals surface area contributed by atoms with E-state index in [9.17, 15) is 24.2 Å². The number of carbonyl (C=O) groups excluding carboxylic acids is 1. The first-order chi connectivity index (χ1) is 13.7. The number of carbonyl (C=O) groups is 2. The van der Waals surface area contributed by atoms with Crippen molar-refractivity contribution in [1.29, 1.82) is 0 Å². The maximum Gasteiger partial charge on any atom is 0.305 e. The minimum absolute atomic E-state index is 0.0908. The molecule has 7 nitrogen and oxygen atoms in total. The molecule has 2 aromatic carbocycles. The van der Waals surface area contributed by atoms with Gasteiger partial charge in [0.05, 0.1) is 18.2 Å². The maximum atomic E-state index is 13.1. The van der Waals surface area contributed by atoms with Crippen molar-refractivity contribution in [3.8, 4) is 11.6 Å². The van der Waals surface area contributed by atoms with E-state index in [0.717, 1.165) is 15.8 Å². The molecule has 1 atom stereocenters. The number of carboxylic acid groups (broad SMARTS) is 1. The van der Waals surface area contributed by atoms with Gasteiger partial charge in [-0.15, -0.1) is 0 Å². The lowest BCUT2D eigenvalue weighted by atomic mass is 9.97. The highest BCUT2D eigenvalue weighted by Crippen LogP contribution is 2.24. The van der Waals surface area contributed by atoms with Gasteiger partial charge in [-0.25, -0.2) is 9.07 Å². The van der Waals surface area contributed by atoms with E-state index >= 15 is 0 Å². The topological polar surface area (TPSA) is 104 Å². The number of carboxylic acids is 1. The van der Waals surface area contributed by atoms with Crippen LogP contribution >= 0.6 is 0 Å². The number of aliphatic carboxylic acids is 1. The van der Waals surface area contributed by atoms with Crippen molar-refractivity contribution in [3.05, 3.63) is 76.7 Å². The normalized spacial score (nSPS) is 11.8. The predicted octanol–water partition coefficient (Wildman–Crippen LogP) is 3.28. The molecule has 1 heterocycles. The Morgan fingerprint density at radius 1 is 1.14 bits per heavy atom. The van der Waals surface area contributed by atoms with Gasteiger partial charge in [-0.3, -0.25) is 9.59 Å². The number of benzene rings is 2. The molecule has 0 aliphatic carbocycles. The lowest BCUT2D eigenvalue weighted by molar-refractivity contribution is -0.137. The lowest BCUT2D eigenvalue weighted by Gasteiger charge is -2.19. The van der Waals surface area contributed by atoms with E-state index in [4.69, 9.17) is 0 Å². The number of hydrogen-bond acceptors (Lipinski definition) is 4. The monoisotopic (exact) mass is 397 g/mol. The molecule has 0 bridgehead atoms. The zero-order valence-electron chi connectivity index (χ0n) is 15.9. The number of nitrogens with zero attached hydrogens (tertiary/aromatic N) is 2. The van der Waals surface area contributed by atoms with E-state index in [1.165, 1.54) is 30.3 Å². The molecular formula is C21H20FN3O4. The summed E-state index contributed by atoms with van der Waals surface area (Å²) in [5, 5.41) is 26.1. The van der Waals surface area contributed by atoms with Gasteiger partial charge in [0.1, 0.15) is 5.82 Å². The Kier molecular flexibility index (Phi) is 5.63. The van der Waals surface area contributed by atoms with Crippen molar-refractivity contribution in [2.45, 2.75) is 26.3 Å². The van der Waals surface area contributed by atoms with Crippen molar-refractivity contribution in [2.24, 2.45) is 0 Å². The van der Waals surface area contributed by atoms with Gasteiger partial charge in [-0.1, -0.05) is 23.8 Å². The van der Waals surface area contributed by atoms with Crippen LogP contribution in [-0.2, 0) is 4.79 Å². The first-order valence-electron chi connectivity index (χ1n) is 8.89. The minimum atomic E-state index is -1.06. The van der Waals surface area contributed by atoms with E-state index in [1.54, 1.807) is 6.07 Å². The number of aromatic nitrogens is 2. The van der Waals surface area contributed by atoms with Gasteiger partial charge in [-0.2, -0.15) is 5.10 Å². The Balaban J connectivity index is 1.87. The number of nitrogens with one attached hydrogen (secondary N) is 1. The molecule has 29 heavy (non-hydrogen) atoms. The number of amides is 1. The van der Waals surface area contributed by atoms with Crippen molar-refractivity contribution in [2.75, 3.05) is 0 Å². The highest BCUT2D eigenvalue weighted by atomic mass is 19.1. The summed E-state index contributed by atoms with van der Waals surface area (Å²) < 4.78 is 14.2. The van der Waals surface area contributed by atoms with Gasteiger partial charge >= 0.3 is 5.97 Å². The zero-order chi connectivity index (χ0) is 21.1. The molecule has 1 unspecified atom stereocenters. The number of rotatable bonds is 6. The smallest absolute Gasteiger partial charge is 0.305 e. The Labute approximate surface area is 166 Å². The Morgan fingerprint density at radius 3 is 2.45 bits per heavy atom. The highest BCUT2D eigenvalue weighted by molar-refractivity contribution is 5.93. The molecule has 0 aliphatic rings. The second kappa shape index (κ2) is 8.14. The molecule has 150 valence electrons. The number of aromatic hydroxyl groups is 1. The summed E-state index contributed by atoms with van der Waals surface area (Å²) in [6, 6.07) is 11.2. The third-order valence-electron chi connectivity index (χ3n) is 4.48. The second-order valence-electron chi connectivity index (χ2n) is 6.76. The van der Waals surface area contributed by atoms with Crippen LogP contribution in [0.15, 0.2) is 48.5 Å². The zero-order valence-corrected chi connectivity index (χ0v) is 15.9. The molecule has 0 aliphatic heterocycles. The first-order valence-corrected chi connectivity index (χ1v) is 8.89. The number of halogens is 1. The summed E-state index contributed by atoms with van der Waals surface area (Å²) in [4.78, 5) is 24.0. The third-order valence-corrected chi connectivity index (χ3v) is 4.48. The van der Waals surface area contributed by atoms with Crippen LogP contribution in [-0.4, -0.2) is 31.9 Å². The van der Waals surface area contributed by atoms with Crippen LogP contribution in [0.1, 0.15) is 39.6 Å². The summed E-state index contributed by atoms with van der Waals surface area (Å²) in [7, 11) is 0. The standard InChI is InChI=1S/C21H20FN3O4/c1-12-3-8-16(13(2)9-12)17(11-20(27)28)23-21(29)18-10-19(26)25(24-18)15-6-4-14(22)5-7-15/h3-10,17,26H,11H2,1-2H3,(H,23,29)(H,27,28). The van der Waals surface area contributed by atoms with Crippen LogP contribution in [0.5, 0.6) is 5.88 Å². The van der Waals surface area contributed by atoms with Gasteiger partial charge in [0.25, 0.3) is 5.91 Å². The fourth-order valence-corrected chi connectivity index (χ4v) is 3.12. The van der Waals surface area contributed by atoms with Crippen molar-refractivity contribution in [1.82, 2.24) is 15.1 Å². The molecule has 3 aromatic rings. The lowest BCUT2D eigenvalue weighted by Crippen LogP contribution is -2.31. The van der Waals surface area contributed by atoms with Gasteiger partial charge < -0.3 is 15.5 Å². The van der Waals surface area contributed by atoms with Gasteiger partial charge in [0.15, 0.2) is 5.69 Å². The molecule has 1 amide bonds. The van der Waals surface area contributed by atoms with Crippen molar-refractivity contribution < 1.29 is 24.2 Å². The van der Waals surface area contributed by atoms with Crippen LogP contribution in [0.4, 0.5) is 4.39 Å². The molecule has 0 saturated heterocycles. The van der Waals surface area contributed by atoms with Gasteiger partial charge in [0, 0.05) is 6.07 Å². The highest BCUT2D eigenvalue weighted by Gasteiger charge is 2.23. The van der Waals surface area contributed by atoms with Gasteiger partial charge in [-0.05, 0) is 49.2 Å². The maximum absolute atomic E-state index is 13.1. The SMILES string of the molecule is Cc1ccc(C(CC(=O)O)NC(=O)c2cc(O)n(-c3ccc(F)cc3)n2)c(C)c1. The minimum Gasteiger partial charge on any atom is -0.493 e.